The molecule has 1 heterocycles. The number of hydrogen-bond donors (Lipinski definition) is 2. The van der Waals surface area contributed by atoms with Gasteiger partial charge in [-0.25, -0.2) is 9.59 Å². The van der Waals surface area contributed by atoms with Crippen LogP contribution < -0.4 is 5.32 Å². The Balaban J connectivity index is 2.58. The van der Waals surface area contributed by atoms with Gasteiger partial charge in [-0.2, -0.15) is 11.3 Å². The predicted molar refractivity (Wildman–Crippen MR) is 68.8 cm³/mol. The normalized spacial score (nSPS) is 12.8. The lowest BCUT2D eigenvalue weighted by Crippen LogP contribution is -2.44. The van der Waals surface area contributed by atoms with E-state index in [4.69, 9.17) is 9.84 Å². The monoisotopic (exact) mass is 271 g/mol. The van der Waals surface area contributed by atoms with Crippen LogP contribution >= 0.6 is 11.3 Å². The van der Waals surface area contributed by atoms with Gasteiger partial charge in [-0.15, -0.1) is 0 Å². The maximum Gasteiger partial charge on any atom is 0.408 e. The van der Waals surface area contributed by atoms with E-state index in [2.05, 4.69) is 5.32 Å². The molecule has 0 radical (unpaired) electrons. The molecule has 0 fully saturated rings. The maximum atomic E-state index is 11.5. The standard InChI is InChI=1S/C12H17NO4S/c1-12(2,3)17-11(16)13-9(10(14)15)6-8-4-5-18-7-8/h4-5,7,9H,6H2,1-3H3,(H,13,16)(H,14,15)/t9-/m1/s1. The molecule has 0 bridgehead atoms. The molecule has 1 aromatic rings. The van der Waals surface area contributed by atoms with Crippen LogP contribution in [-0.2, 0) is 16.0 Å². The summed E-state index contributed by atoms with van der Waals surface area (Å²) in [5.41, 5.74) is 0.235. The van der Waals surface area contributed by atoms with E-state index in [0.717, 1.165) is 5.56 Å². The lowest BCUT2D eigenvalue weighted by Gasteiger charge is -2.21. The number of aliphatic carboxylic acids is 1. The first-order chi connectivity index (χ1) is 8.28. The molecule has 1 atom stereocenters. The minimum absolute atomic E-state index is 0.248. The van der Waals surface area contributed by atoms with Crippen molar-refractivity contribution < 1.29 is 19.4 Å². The van der Waals surface area contributed by atoms with E-state index >= 15 is 0 Å². The van der Waals surface area contributed by atoms with Crippen LogP contribution in [0.5, 0.6) is 0 Å². The fourth-order valence-corrected chi connectivity index (χ4v) is 1.98. The van der Waals surface area contributed by atoms with Crippen molar-refractivity contribution in [2.45, 2.75) is 38.8 Å². The fourth-order valence-electron chi connectivity index (χ4n) is 1.29. The summed E-state index contributed by atoms with van der Waals surface area (Å²) in [7, 11) is 0. The van der Waals surface area contributed by atoms with Crippen molar-refractivity contribution in [2.75, 3.05) is 0 Å². The van der Waals surface area contributed by atoms with Gasteiger partial charge in [0.25, 0.3) is 0 Å². The second-order valence-electron chi connectivity index (χ2n) is 4.87. The zero-order valence-corrected chi connectivity index (χ0v) is 11.4. The van der Waals surface area contributed by atoms with Crippen LogP contribution in [0, 0.1) is 0 Å². The summed E-state index contributed by atoms with van der Waals surface area (Å²) in [6, 6.07) is 0.853. The maximum absolute atomic E-state index is 11.5. The Kier molecular flexibility index (Phi) is 4.72. The molecule has 0 aliphatic rings. The summed E-state index contributed by atoms with van der Waals surface area (Å²) in [5.74, 6) is -1.08. The third-order valence-electron chi connectivity index (χ3n) is 2.01. The Hall–Kier alpha value is -1.56. The van der Waals surface area contributed by atoms with Gasteiger partial charge in [0.2, 0.25) is 0 Å². The van der Waals surface area contributed by atoms with Gasteiger partial charge >= 0.3 is 12.1 Å². The van der Waals surface area contributed by atoms with E-state index in [-0.39, 0.29) is 6.42 Å². The highest BCUT2D eigenvalue weighted by Crippen LogP contribution is 2.10. The van der Waals surface area contributed by atoms with Gasteiger partial charge in [-0.1, -0.05) is 0 Å². The summed E-state index contributed by atoms with van der Waals surface area (Å²) < 4.78 is 5.03. The first kappa shape index (κ1) is 14.5. The highest BCUT2D eigenvalue weighted by atomic mass is 32.1. The van der Waals surface area contributed by atoms with Gasteiger partial charge in [0, 0.05) is 6.42 Å². The first-order valence-corrected chi connectivity index (χ1v) is 6.45. The van der Waals surface area contributed by atoms with Crippen molar-refractivity contribution in [2.24, 2.45) is 0 Å². The van der Waals surface area contributed by atoms with Crippen LogP contribution in [0.1, 0.15) is 26.3 Å². The molecule has 100 valence electrons. The van der Waals surface area contributed by atoms with Gasteiger partial charge < -0.3 is 15.2 Å². The van der Waals surface area contributed by atoms with E-state index in [0.29, 0.717) is 0 Å². The Morgan fingerprint density at radius 3 is 2.61 bits per heavy atom. The van der Waals surface area contributed by atoms with Crippen LogP contribution in [0.15, 0.2) is 16.8 Å². The van der Waals surface area contributed by atoms with Crippen LogP contribution in [0.4, 0.5) is 4.79 Å². The molecule has 0 unspecified atom stereocenters. The number of rotatable bonds is 4. The van der Waals surface area contributed by atoms with E-state index in [9.17, 15) is 9.59 Å². The number of carbonyl (C=O) groups excluding carboxylic acids is 1. The molecule has 0 saturated heterocycles. The first-order valence-electron chi connectivity index (χ1n) is 5.51. The lowest BCUT2D eigenvalue weighted by atomic mass is 10.1. The molecule has 1 aromatic heterocycles. The number of thiophene rings is 1. The highest BCUT2D eigenvalue weighted by molar-refractivity contribution is 7.07. The predicted octanol–water partition coefficient (Wildman–Crippen LogP) is 2.27. The third-order valence-corrected chi connectivity index (χ3v) is 2.74. The number of ether oxygens (including phenoxy) is 1. The molecule has 0 spiro atoms. The lowest BCUT2D eigenvalue weighted by molar-refractivity contribution is -0.139. The van der Waals surface area contributed by atoms with E-state index in [1.54, 1.807) is 20.8 Å². The van der Waals surface area contributed by atoms with Gasteiger partial charge in [0.05, 0.1) is 0 Å². The summed E-state index contributed by atoms with van der Waals surface area (Å²) in [5, 5.41) is 15.1. The molecule has 0 saturated carbocycles. The molecule has 0 aliphatic carbocycles. The largest absolute Gasteiger partial charge is 0.480 e. The number of hydrogen-bond acceptors (Lipinski definition) is 4. The molecular weight excluding hydrogens is 254 g/mol. The van der Waals surface area contributed by atoms with Gasteiger partial charge in [-0.3, -0.25) is 0 Å². The van der Waals surface area contributed by atoms with Crippen LogP contribution in [0.25, 0.3) is 0 Å². The fraction of sp³-hybridized carbons (Fsp3) is 0.500. The molecule has 1 rings (SSSR count). The summed E-state index contributed by atoms with van der Waals surface area (Å²) in [4.78, 5) is 22.6. The molecule has 1 amide bonds. The van der Waals surface area contributed by atoms with Crippen molar-refractivity contribution in [3.05, 3.63) is 22.4 Å². The Bertz CT molecular complexity index is 408. The topological polar surface area (TPSA) is 75.6 Å². The zero-order chi connectivity index (χ0) is 13.8. The van der Waals surface area contributed by atoms with Gasteiger partial charge in [0.15, 0.2) is 0 Å². The Labute approximate surface area is 110 Å². The van der Waals surface area contributed by atoms with Crippen LogP contribution in [-0.4, -0.2) is 28.8 Å². The molecule has 18 heavy (non-hydrogen) atoms. The number of nitrogens with one attached hydrogen (secondary N) is 1. The smallest absolute Gasteiger partial charge is 0.408 e. The molecule has 6 heteroatoms. The van der Waals surface area contributed by atoms with Gasteiger partial charge in [-0.05, 0) is 43.2 Å². The SMILES string of the molecule is CC(C)(C)OC(=O)N[C@H](Cc1ccsc1)C(=O)O. The molecule has 0 aromatic carbocycles. The number of carboxylic acids is 1. The van der Waals surface area contributed by atoms with E-state index < -0.39 is 23.7 Å². The van der Waals surface area contributed by atoms with Crippen molar-refractivity contribution in [1.82, 2.24) is 5.32 Å². The average Bonchev–Trinajstić information content (AvgIpc) is 2.66. The second-order valence-corrected chi connectivity index (χ2v) is 5.65. The van der Waals surface area contributed by atoms with Crippen molar-refractivity contribution >= 4 is 23.4 Å². The van der Waals surface area contributed by atoms with Gasteiger partial charge in [0.1, 0.15) is 11.6 Å². The minimum atomic E-state index is -1.08. The number of amides is 1. The number of carbonyl (C=O) groups is 2. The highest BCUT2D eigenvalue weighted by Gasteiger charge is 2.24. The van der Waals surface area contributed by atoms with Crippen LogP contribution in [0.2, 0.25) is 0 Å². The molecular formula is C12H17NO4S. The average molecular weight is 271 g/mol. The van der Waals surface area contributed by atoms with E-state index in [1.165, 1.54) is 11.3 Å². The summed E-state index contributed by atoms with van der Waals surface area (Å²) >= 11 is 1.49. The van der Waals surface area contributed by atoms with Crippen molar-refractivity contribution in [1.29, 1.82) is 0 Å². The van der Waals surface area contributed by atoms with Crippen LogP contribution in [0.3, 0.4) is 0 Å². The Morgan fingerprint density at radius 2 is 2.17 bits per heavy atom. The number of alkyl carbamates (subject to hydrolysis) is 1. The zero-order valence-electron chi connectivity index (χ0n) is 10.6. The minimum Gasteiger partial charge on any atom is -0.480 e. The second kappa shape index (κ2) is 5.86. The summed E-state index contributed by atoms with van der Waals surface area (Å²) in [6.45, 7) is 5.17. The quantitative estimate of drug-likeness (QED) is 0.880. The molecule has 2 N–H and O–H groups in total. The Morgan fingerprint density at radius 1 is 1.50 bits per heavy atom. The third kappa shape index (κ3) is 5.18. The van der Waals surface area contributed by atoms with Crippen molar-refractivity contribution in [3.8, 4) is 0 Å². The molecule has 5 nitrogen and oxygen atoms in total. The van der Waals surface area contributed by atoms with E-state index in [1.807, 2.05) is 16.8 Å². The summed E-state index contributed by atoms with van der Waals surface area (Å²) in [6.07, 6.45) is -0.469. The molecule has 0 aliphatic heterocycles. The van der Waals surface area contributed by atoms with Crippen molar-refractivity contribution in [3.63, 3.8) is 0 Å². The number of carboxylic acid groups (broad SMARTS) is 1.